The Labute approximate surface area is 191 Å². The molecule has 10 nitrogen and oxygen atoms in total. The summed E-state index contributed by atoms with van der Waals surface area (Å²) in [6.45, 7) is 2.44. The molecule has 0 spiro atoms. The standard InChI is InChI=1S/C20H20N6O4S2/c1-2-30-15-6-4-3-5-14(15)24-19-25-26-20(32-19)31-10-16(27)23-13-8-11(17(21)28)7-12(9-13)18(22)29/h3-9H,2,10H2,1H3,(H2,21,28)(H2,22,29)(H,23,27)(H,24,25). The fraction of sp³-hybridized carbons (Fsp3) is 0.150. The molecule has 0 aliphatic heterocycles. The van der Waals surface area contributed by atoms with Crippen molar-refractivity contribution in [2.45, 2.75) is 11.3 Å². The van der Waals surface area contributed by atoms with Crippen molar-refractivity contribution in [1.29, 1.82) is 0 Å². The van der Waals surface area contributed by atoms with E-state index in [2.05, 4.69) is 20.8 Å². The van der Waals surface area contributed by atoms with Crippen molar-refractivity contribution < 1.29 is 19.1 Å². The molecule has 166 valence electrons. The number of nitrogens with one attached hydrogen (secondary N) is 2. The van der Waals surface area contributed by atoms with Crippen LogP contribution in [-0.4, -0.2) is 40.3 Å². The predicted molar refractivity (Wildman–Crippen MR) is 124 cm³/mol. The Morgan fingerprint density at radius 1 is 1.06 bits per heavy atom. The molecule has 6 N–H and O–H groups in total. The van der Waals surface area contributed by atoms with Gasteiger partial charge in [-0.2, -0.15) is 0 Å². The molecule has 1 heterocycles. The second-order valence-corrected chi connectivity index (χ2v) is 8.49. The van der Waals surface area contributed by atoms with E-state index in [1.54, 1.807) is 0 Å². The van der Waals surface area contributed by atoms with Gasteiger partial charge in [0.05, 0.1) is 18.0 Å². The van der Waals surface area contributed by atoms with E-state index in [1.807, 2.05) is 31.2 Å². The summed E-state index contributed by atoms with van der Waals surface area (Å²) < 4.78 is 6.16. The third-order valence-corrected chi connectivity index (χ3v) is 5.92. The zero-order valence-corrected chi connectivity index (χ0v) is 18.6. The van der Waals surface area contributed by atoms with E-state index in [0.717, 1.165) is 5.69 Å². The van der Waals surface area contributed by atoms with Gasteiger partial charge in [0.1, 0.15) is 5.75 Å². The quantitative estimate of drug-likeness (QED) is 0.327. The van der Waals surface area contributed by atoms with Crippen LogP contribution in [0.2, 0.25) is 0 Å². The van der Waals surface area contributed by atoms with Gasteiger partial charge in [0.2, 0.25) is 22.9 Å². The number of thioether (sulfide) groups is 1. The maximum Gasteiger partial charge on any atom is 0.248 e. The third kappa shape index (κ3) is 6.18. The van der Waals surface area contributed by atoms with Gasteiger partial charge in [0.25, 0.3) is 0 Å². The van der Waals surface area contributed by atoms with Crippen molar-refractivity contribution >= 4 is 57.3 Å². The van der Waals surface area contributed by atoms with Crippen molar-refractivity contribution in [2.75, 3.05) is 23.0 Å². The van der Waals surface area contributed by atoms with E-state index in [-0.39, 0.29) is 28.5 Å². The fourth-order valence-corrected chi connectivity index (χ4v) is 4.16. The van der Waals surface area contributed by atoms with E-state index in [0.29, 0.717) is 21.8 Å². The SMILES string of the molecule is CCOc1ccccc1Nc1nnc(SCC(=O)Nc2cc(C(N)=O)cc(C(N)=O)c2)s1. The number of amides is 3. The Kier molecular flexibility index (Phi) is 7.63. The van der Waals surface area contributed by atoms with Crippen molar-refractivity contribution in [3.05, 3.63) is 53.6 Å². The highest BCUT2D eigenvalue weighted by Gasteiger charge is 2.13. The zero-order valence-electron chi connectivity index (χ0n) is 17.0. The molecular formula is C20H20N6O4S2. The number of rotatable bonds is 10. The zero-order chi connectivity index (χ0) is 23.1. The Bertz CT molecular complexity index is 1120. The number of benzene rings is 2. The highest BCUT2D eigenvalue weighted by Crippen LogP contribution is 2.31. The summed E-state index contributed by atoms with van der Waals surface area (Å²) in [5.74, 6) is -1.10. The number of carbonyl (C=O) groups is 3. The second-order valence-electron chi connectivity index (χ2n) is 6.29. The van der Waals surface area contributed by atoms with Crippen LogP contribution in [0.1, 0.15) is 27.6 Å². The van der Waals surface area contributed by atoms with E-state index in [1.165, 1.54) is 41.3 Å². The molecule has 2 aromatic carbocycles. The summed E-state index contributed by atoms with van der Waals surface area (Å²) in [4.78, 5) is 35.2. The maximum absolute atomic E-state index is 12.3. The first kappa shape index (κ1) is 23.0. The van der Waals surface area contributed by atoms with E-state index in [4.69, 9.17) is 16.2 Å². The van der Waals surface area contributed by atoms with Crippen LogP contribution in [0.15, 0.2) is 46.8 Å². The molecule has 0 bridgehead atoms. The minimum absolute atomic E-state index is 0.0386. The fourth-order valence-electron chi connectivity index (χ4n) is 2.59. The lowest BCUT2D eigenvalue weighted by atomic mass is 10.1. The number of para-hydroxylation sites is 2. The predicted octanol–water partition coefficient (Wildman–Crippen LogP) is 2.61. The summed E-state index contributed by atoms with van der Waals surface area (Å²) >= 11 is 2.48. The van der Waals surface area contributed by atoms with Crippen molar-refractivity contribution in [1.82, 2.24) is 10.2 Å². The third-order valence-electron chi connectivity index (χ3n) is 3.95. The Balaban J connectivity index is 1.60. The minimum Gasteiger partial charge on any atom is -0.492 e. The number of nitrogens with zero attached hydrogens (tertiary/aromatic N) is 2. The number of nitrogens with two attached hydrogens (primary N) is 2. The molecule has 0 fully saturated rings. The normalized spacial score (nSPS) is 10.4. The summed E-state index contributed by atoms with van der Waals surface area (Å²) in [7, 11) is 0. The van der Waals surface area contributed by atoms with Crippen LogP contribution < -0.4 is 26.8 Å². The lowest BCUT2D eigenvalue weighted by Gasteiger charge is -2.09. The molecule has 12 heteroatoms. The maximum atomic E-state index is 12.3. The van der Waals surface area contributed by atoms with E-state index in [9.17, 15) is 14.4 Å². The molecule has 0 radical (unpaired) electrons. The topological polar surface area (TPSA) is 162 Å². The molecule has 1 aromatic heterocycles. The lowest BCUT2D eigenvalue weighted by molar-refractivity contribution is -0.113. The van der Waals surface area contributed by atoms with E-state index < -0.39 is 11.8 Å². The van der Waals surface area contributed by atoms with Gasteiger partial charge in [-0.1, -0.05) is 35.2 Å². The highest BCUT2D eigenvalue weighted by atomic mass is 32.2. The van der Waals surface area contributed by atoms with Crippen LogP contribution in [0.25, 0.3) is 0 Å². The van der Waals surface area contributed by atoms with Crippen LogP contribution >= 0.6 is 23.1 Å². The van der Waals surface area contributed by atoms with Crippen LogP contribution in [0.4, 0.5) is 16.5 Å². The Morgan fingerprint density at radius 3 is 2.41 bits per heavy atom. The molecule has 32 heavy (non-hydrogen) atoms. The molecule has 3 amide bonds. The molecule has 0 saturated carbocycles. The summed E-state index contributed by atoms with van der Waals surface area (Å²) in [6, 6.07) is 11.5. The van der Waals surface area contributed by atoms with Gasteiger partial charge in [0.15, 0.2) is 4.34 Å². The number of ether oxygens (including phenoxy) is 1. The highest BCUT2D eigenvalue weighted by molar-refractivity contribution is 8.01. The van der Waals surface area contributed by atoms with Crippen molar-refractivity contribution in [2.24, 2.45) is 11.5 Å². The lowest BCUT2D eigenvalue weighted by Crippen LogP contribution is -2.18. The Morgan fingerprint density at radius 2 is 1.75 bits per heavy atom. The molecule has 3 aromatic rings. The van der Waals surface area contributed by atoms with Crippen LogP contribution in [-0.2, 0) is 4.79 Å². The van der Waals surface area contributed by atoms with Gasteiger partial charge in [-0.15, -0.1) is 10.2 Å². The van der Waals surface area contributed by atoms with Crippen molar-refractivity contribution in [3.63, 3.8) is 0 Å². The van der Waals surface area contributed by atoms with Gasteiger partial charge in [-0.25, -0.2) is 0 Å². The van der Waals surface area contributed by atoms with E-state index >= 15 is 0 Å². The number of anilines is 3. The summed E-state index contributed by atoms with van der Waals surface area (Å²) in [5.41, 5.74) is 11.7. The molecule has 0 unspecified atom stereocenters. The Hall–Kier alpha value is -3.64. The largest absolute Gasteiger partial charge is 0.492 e. The number of hydrogen-bond donors (Lipinski definition) is 4. The van der Waals surface area contributed by atoms with Gasteiger partial charge < -0.3 is 26.8 Å². The molecule has 0 aliphatic carbocycles. The first-order valence-electron chi connectivity index (χ1n) is 9.35. The molecule has 0 atom stereocenters. The van der Waals surface area contributed by atoms with Crippen LogP contribution in [0.5, 0.6) is 5.75 Å². The number of aromatic nitrogens is 2. The van der Waals surface area contributed by atoms with Crippen LogP contribution in [0, 0.1) is 0 Å². The van der Waals surface area contributed by atoms with Gasteiger partial charge >= 0.3 is 0 Å². The van der Waals surface area contributed by atoms with Crippen molar-refractivity contribution in [3.8, 4) is 5.75 Å². The van der Waals surface area contributed by atoms with Crippen LogP contribution in [0.3, 0.4) is 0 Å². The minimum atomic E-state index is -0.738. The number of carbonyl (C=O) groups excluding carboxylic acids is 3. The number of primary amides is 2. The van der Waals surface area contributed by atoms with Gasteiger partial charge in [0, 0.05) is 16.8 Å². The summed E-state index contributed by atoms with van der Waals surface area (Å²) in [5, 5.41) is 14.5. The average molecular weight is 473 g/mol. The van der Waals surface area contributed by atoms with Gasteiger partial charge in [-0.3, -0.25) is 14.4 Å². The average Bonchev–Trinajstić information content (AvgIpc) is 3.21. The summed E-state index contributed by atoms with van der Waals surface area (Å²) in [6.07, 6.45) is 0. The first-order valence-corrected chi connectivity index (χ1v) is 11.2. The molecular weight excluding hydrogens is 452 g/mol. The molecule has 0 saturated heterocycles. The molecule has 3 rings (SSSR count). The number of hydrogen-bond acceptors (Lipinski definition) is 9. The monoisotopic (exact) mass is 472 g/mol. The van der Waals surface area contributed by atoms with Gasteiger partial charge in [-0.05, 0) is 37.3 Å². The molecule has 0 aliphatic rings. The smallest absolute Gasteiger partial charge is 0.248 e. The first-order chi connectivity index (χ1) is 15.4. The second kappa shape index (κ2) is 10.6.